The molecule has 2 aliphatic heterocycles. The summed E-state index contributed by atoms with van der Waals surface area (Å²) >= 11 is 0. The summed E-state index contributed by atoms with van der Waals surface area (Å²) in [6.07, 6.45) is 5.67. The largest absolute Gasteiger partial charge is 0.378 e. The SMILES string of the molecule is Cc1cc(F)c(-c2ccn3c(N4CCOCC4)cnc3n2)cc1NC(=O)N1CCCC1. The maximum absolute atomic E-state index is 14.8. The topological polar surface area (TPSA) is 75.0 Å². The van der Waals surface area contributed by atoms with Gasteiger partial charge in [0.15, 0.2) is 0 Å². The van der Waals surface area contributed by atoms with E-state index in [2.05, 4.69) is 20.2 Å². The summed E-state index contributed by atoms with van der Waals surface area (Å²) in [6.45, 7) is 6.24. The van der Waals surface area contributed by atoms with Crippen molar-refractivity contribution in [2.45, 2.75) is 19.8 Å². The van der Waals surface area contributed by atoms with E-state index < -0.39 is 0 Å². The number of nitrogens with zero attached hydrogens (tertiary/aromatic N) is 5. The number of carbonyl (C=O) groups excluding carboxylic acids is 1. The quantitative estimate of drug-likeness (QED) is 0.698. The van der Waals surface area contributed by atoms with Gasteiger partial charge in [0.05, 0.1) is 25.1 Å². The minimum Gasteiger partial charge on any atom is -0.378 e. The van der Waals surface area contributed by atoms with E-state index in [-0.39, 0.29) is 11.8 Å². The second-order valence-corrected chi connectivity index (χ2v) is 7.97. The Balaban J connectivity index is 1.45. The Labute approximate surface area is 179 Å². The van der Waals surface area contributed by atoms with Crippen molar-refractivity contribution >= 4 is 23.3 Å². The molecule has 2 amide bonds. The lowest BCUT2D eigenvalue weighted by atomic mass is 10.1. The number of urea groups is 1. The molecule has 0 bridgehead atoms. The van der Waals surface area contributed by atoms with Crippen LogP contribution in [0.25, 0.3) is 17.0 Å². The number of anilines is 2. The van der Waals surface area contributed by atoms with Gasteiger partial charge in [-0.15, -0.1) is 0 Å². The molecule has 1 aromatic carbocycles. The fourth-order valence-corrected chi connectivity index (χ4v) is 4.15. The van der Waals surface area contributed by atoms with E-state index in [4.69, 9.17) is 4.74 Å². The van der Waals surface area contributed by atoms with Crippen molar-refractivity contribution in [2.24, 2.45) is 0 Å². The number of imidazole rings is 1. The smallest absolute Gasteiger partial charge is 0.321 e. The van der Waals surface area contributed by atoms with Crippen LogP contribution in [0.5, 0.6) is 0 Å². The molecule has 5 rings (SSSR count). The summed E-state index contributed by atoms with van der Waals surface area (Å²) < 4.78 is 22.2. The molecule has 0 unspecified atom stereocenters. The van der Waals surface area contributed by atoms with Gasteiger partial charge >= 0.3 is 6.03 Å². The number of hydrogen-bond acceptors (Lipinski definition) is 5. The lowest BCUT2D eigenvalue weighted by molar-refractivity contribution is 0.122. The van der Waals surface area contributed by atoms with Gasteiger partial charge in [0.2, 0.25) is 5.78 Å². The molecule has 3 aromatic rings. The highest BCUT2D eigenvalue weighted by molar-refractivity contribution is 5.91. The van der Waals surface area contributed by atoms with Gasteiger partial charge in [0, 0.05) is 43.6 Å². The van der Waals surface area contributed by atoms with Crippen molar-refractivity contribution in [1.82, 2.24) is 19.3 Å². The number of carbonyl (C=O) groups is 1. The Bertz CT molecular complexity index is 1120. The average molecular weight is 424 g/mol. The van der Waals surface area contributed by atoms with Crippen LogP contribution in [-0.2, 0) is 4.74 Å². The zero-order chi connectivity index (χ0) is 21.4. The number of likely N-dealkylation sites (tertiary alicyclic amines) is 1. The summed E-state index contributed by atoms with van der Waals surface area (Å²) in [6, 6.07) is 4.72. The molecule has 2 aromatic heterocycles. The van der Waals surface area contributed by atoms with Crippen molar-refractivity contribution in [3.8, 4) is 11.3 Å². The summed E-state index contributed by atoms with van der Waals surface area (Å²) in [5.41, 5.74) is 2.07. The van der Waals surface area contributed by atoms with E-state index in [1.165, 1.54) is 6.07 Å². The fourth-order valence-electron chi connectivity index (χ4n) is 4.15. The average Bonchev–Trinajstić information content (AvgIpc) is 3.46. The number of hydrogen-bond donors (Lipinski definition) is 1. The van der Waals surface area contributed by atoms with Gasteiger partial charge in [0.25, 0.3) is 0 Å². The maximum atomic E-state index is 14.8. The first kappa shape index (κ1) is 19.7. The van der Waals surface area contributed by atoms with Crippen LogP contribution in [0.15, 0.2) is 30.6 Å². The van der Waals surface area contributed by atoms with Gasteiger partial charge in [-0.25, -0.2) is 19.2 Å². The Hall–Kier alpha value is -3.20. The molecule has 0 radical (unpaired) electrons. The fraction of sp³-hybridized carbons (Fsp3) is 0.409. The first-order valence-corrected chi connectivity index (χ1v) is 10.6. The predicted octanol–water partition coefficient (Wildman–Crippen LogP) is 3.31. The Morgan fingerprint density at radius 3 is 2.71 bits per heavy atom. The van der Waals surface area contributed by atoms with Gasteiger partial charge in [0.1, 0.15) is 11.6 Å². The van der Waals surface area contributed by atoms with Gasteiger partial charge in [-0.1, -0.05) is 0 Å². The molecule has 2 fully saturated rings. The number of benzene rings is 1. The van der Waals surface area contributed by atoms with Crippen LogP contribution in [-0.4, -0.2) is 64.7 Å². The van der Waals surface area contributed by atoms with Gasteiger partial charge in [-0.3, -0.25) is 4.40 Å². The summed E-state index contributed by atoms with van der Waals surface area (Å²) in [5, 5.41) is 2.93. The van der Waals surface area contributed by atoms with Crippen LogP contribution in [0.1, 0.15) is 18.4 Å². The number of halogens is 1. The normalized spacial score (nSPS) is 16.8. The summed E-state index contributed by atoms with van der Waals surface area (Å²) in [4.78, 5) is 25.5. The van der Waals surface area contributed by atoms with Crippen molar-refractivity contribution < 1.29 is 13.9 Å². The minimum atomic E-state index is -0.381. The maximum Gasteiger partial charge on any atom is 0.321 e. The third-order valence-corrected chi connectivity index (χ3v) is 5.92. The van der Waals surface area contributed by atoms with E-state index in [1.54, 1.807) is 30.2 Å². The van der Waals surface area contributed by atoms with Crippen molar-refractivity contribution in [1.29, 1.82) is 0 Å². The van der Waals surface area contributed by atoms with Crippen LogP contribution in [0.3, 0.4) is 0 Å². The van der Waals surface area contributed by atoms with E-state index in [0.29, 0.717) is 41.5 Å². The number of morpholine rings is 1. The highest BCUT2D eigenvalue weighted by Gasteiger charge is 2.20. The molecule has 31 heavy (non-hydrogen) atoms. The number of rotatable bonds is 3. The molecule has 0 spiro atoms. The van der Waals surface area contributed by atoms with Crippen molar-refractivity contribution in [3.05, 3.63) is 42.0 Å². The molecule has 2 aliphatic rings. The molecule has 8 nitrogen and oxygen atoms in total. The molecule has 1 N–H and O–H groups in total. The second kappa shape index (κ2) is 8.14. The Morgan fingerprint density at radius 1 is 1.16 bits per heavy atom. The zero-order valence-corrected chi connectivity index (χ0v) is 17.5. The molecule has 162 valence electrons. The third-order valence-electron chi connectivity index (χ3n) is 5.92. The zero-order valence-electron chi connectivity index (χ0n) is 17.5. The highest BCUT2D eigenvalue weighted by Crippen LogP contribution is 2.29. The van der Waals surface area contributed by atoms with Gasteiger partial charge < -0.3 is 19.9 Å². The molecule has 2 saturated heterocycles. The standard InChI is InChI=1S/C22H25FN6O2/c1-15-12-17(23)16(13-19(15)26-22(30)28-5-2-3-6-28)18-4-7-29-20(14-24-21(29)25-18)27-8-10-31-11-9-27/h4,7,12-14H,2-3,5-6,8-11H2,1H3,(H,26,30). The lowest BCUT2D eigenvalue weighted by Crippen LogP contribution is -2.36. The van der Waals surface area contributed by atoms with E-state index in [0.717, 1.165) is 44.8 Å². The second-order valence-electron chi connectivity index (χ2n) is 7.97. The molecule has 4 heterocycles. The molecule has 9 heteroatoms. The van der Waals surface area contributed by atoms with Gasteiger partial charge in [-0.05, 0) is 43.5 Å². The number of fused-ring (bicyclic) bond motifs is 1. The summed E-state index contributed by atoms with van der Waals surface area (Å²) in [5.74, 6) is 1.07. The minimum absolute atomic E-state index is 0.148. The number of aryl methyl sites for hydroxylation is 1. The summed E-state index contributed by atoms with van der Waals surface area (Å²) in [7, 11) is 0. The van der Waals surface area contributed by atoms with Crippen LogP contribution in [0, 0.1) is 12.7 Å². The van der Waals surface area contributed by atoms with Crippen LogP contribution >= 0.6 is 0 Å². The van der Waals surface area contributed by atoms with E-state index in [1.807, 2.05) is 10.6 Å². The van der Waals surface area contributed by atoms with Crippen LogP contribution in [0.2, 0.25) is 0 Å². The molecular weight excluding hydrogens is 399 g/mol. The van der Waals surface area contributed by atoms with Crippen molar-refractivity contribution in [2.75, 3.05) is 49.6 Å². The molecule has 0 saturated carbocycles. The monoisotopic (exact) mass is 424 g/mol. The molecular formula is C22H25FN6O2. The third kappa shape index (κ3) is 3.81. The van der Waals surface area contributed by atoms with E-state index >= 15 is 0 Å². The van der Waals surface area contributed by atoms with Crippen LogP contribution in [0.4, 0.5) is 20.7 Å². The van der Waals surface area contributed by atoms with Gasteiger partial charge in [-0.2, -0.15) is 0 Å². The Morgan fingerprint density at radius 2 is 1.94 bits per heavy atom. The number of amides is 2. The van der Waals surface area contributed by atoms with Crippen LogP contribution < -0.4 is 10.2 Å². The number of aromatic nitrogens is 3. The molecule has 0 aliphatic carbocycles. The lowest BCUT2D eigenvalue weighted by Gasteiger charge is -2.27. The number of nitrogens with one attached hydrogen (secondary N) is 1. The van der Waals surface area contributed by atoms with E-state index in [9.17, 15) is 9.18 Å². The van der Waals surface area contributed by atoms with Crippen molar-refractivity contribution in [3.63, 3.8) is 0 Å². The number of ether oxygens (including phenoxy) is 1. The highest BCUT2D eigenvalue weighted by atomic mass is 19.1. The first-order valence-electron chi connectivity index (χ1n) is 10.6. The predicted molar refractivity (Wildman–Crippen MR) is 116 cm³/mol. The first-order chi connectivity index (χ1) is 15.1. The Kier molecular flexibility index (Phi) is 5.19. The molecule has 0 atom stereocenters.